The van der Waals surface area contributed by atoms with Crippen LogP contribution < -0.4 is 0 Å². The molecule has 0 amide bonds. The molecule has 0 fully saturated rings. The lowest BCUT2D eigenvalue weighted by Crippen LogP contribution is -2.22. The summed E-state index contributed by atoms with van der Waals surface area (Å²) in [6.45, 7) is -1.10. The lowest BCUT2D eigenvalue weighted by molar-refractivity contribution is 0.00894. The van der Waals surface area contributed by atoms with Gasteiger partial charge in [0.15, 0.2) is 23.6 Å². The van der Waals surface area contributed by atoms with Crippen LogP contribution in [-0.2, 0) is 11.2 Å². The predicted molar refractivity (Wildman–Crippen MR) is 104 cm³/mol. The first kappa shape index (κ1) is 20.9. The Kier molecular flexibility index (Phi) is 6.79. The van der Waals surface area contributed by atoms with Crippen molar-refractivity contribution in [2.45, 2.75) is 12.5 Å². The van der Waals surface area contributed by atoms with Gasteiger partial charge in [-0.25, -0.2) is 9.37 Å². The molecule has 2 aromatic carbocycles. The number of ether oxygens (including phenoxy) is 1. The van der Waals surface area contributed by atoms with E-state index in [2.05, 4.69) is 20.9 Å². The highest BCUT2D eigenvalue weighted by atomic mass is 79.9. The molecule has 6 nitrogen and oxygen atoms in total. The summed E-state index contributed by atoms with van der Waals surface area (Å²) < 4.78 is 26.1. The summed E-state index contributed by atoms with van der Waals surface area (Å²) >= 11 is 9.56. The normalized spacial score (nSPS) is 12.5. The molecule has 3 aromatic rings. The van der Waals surface area contributed by atoms with Crippen molar-refractivity contribution in [1.82, 2.24) is 4.98 Å². The van der Waals surface area contributed by atoms with Crippen molar-refractivity contribution in [3.8, 4) is 0 Å². The van der Waals surface area contributed by atoms with E-state index in [0.29, 0.717) is 10.6 Å². The molecule has 1 aromatic heterocycles. The number of carbonyl (C=O) groups is 1. The summed E-state index contributed by atoms with van der Waals surface area (Å²) in [4.78, 5) is 16.5. The second-order valence-electron chi connectivity index (χ2n) is 6.10. The van der Waals surface area contributed by atoms with E-state index in [1.165, 1.54) is 6.07 Å². The molecule has 148 valence electrons. The molecule has 1 atom stereocenters. The molecular weight excluding hydrogens is 457 g/mol. The molecule has 0 aliphatic rings. The summed E-state index contributed by atoms with van der Waals surface area (Å²) in [6.07, 6.45) is 0.0791. The van der Waals surface area contributed by atoms with E-state index in [4.69, 9.17) is 25.9 Å². The zero-order chi connectivity index (χ0) is 20.3. The van der Waals surface area contributed by atoms with E-state index < -0.39 is 30.9 Å². The highest BCUT2D eigenvalue weighted by Gasteiger charge is 2.22. The van der Waals surface area contributed by atoms with Crippen LogP contribution in [0.4, 0.5) is 4.39 Å². The van der Waals surface area contributed by atoms with Gasteiger partial charge >= 0.3 is 0 Å². The number of ketones is 1. The van der Waals surface area contributed by atoms with E-state index in [0.717, 1.165) is 10.9 Å². The number of aromatic nitrogens is 1. The number of oxazole rings is 1. The number of carbonyl (C=O) groups excluding carboxylic acids is 1. The maximum Gasteiger partial charge on any atom is 0.188 e. The fourth-order valence-corrected chi connectivity index (χ4v) is 3.44. The highest BCUT2D eigenvalue weighted by Crippen LogP contribution is 2.30. The zero-order valence-corrected chi connectivity index (χ0v) is 16.8. The summed E-state index contributed by atoms with van der Waals surface area (Å²) in [7, 11) is 0. The van der Waals surface area contributed by atoms with Gasteiger partial charge in [0.1, 0.15) is 18.2 Å². The van der Waals surface area contributed by atoms with Gasteiger partial charge in [0, 0.05) is 27.0 Å². The molecule has 1 heterocycles. The molecule has 3 rings (SSSR count). The average molecular weight is 473 g/mol. The Balaban J connectivity index is 1.96. The number of benzene rings is 2. The standard InChI is InChI=1S/C19H16BrClFNO5/c20-11-2-1-10(15(21)4-11)3-14-13(16(26)8-27-7-12(25)6-24)5-17-19(18(14)22)23-9-28-17/h1-2,4-5,9,12,24-25H,3,6-8H2. The maximum absolute atomic E-state index is 15.1. The fourth-order valence-electron chi connectivity index (χ4n) is 2.70. The van der Waals surface area contributed by atoms with Crippen LogP contribution >= 0.6 is 27.5 Å². The van der Waals surface area contributed by atoms with Crippen molar-refractivity contribution < 1.29 is 28.6 Å². The minimum absolute atomic E-state index is 0.0244. The van der Waals surface area contributed by atoms with Crippen molar-refractivity contribution in [3.63, 3.8) is 0 Å². The Bertz CT molecular complexity index is 1010. The van der Waals surface area contributed by atoms with Gasteiger partial charge in [-0.1, -0.05) is 33.6 Å². The van der Waals surface area contributed by atoms with Crippen LogP contribution in [0.3, 0.4) is 0 Å². The van der Waals surface area contributed by atoms with Crippen molar-refractivity contribution in [1.29, 1.82) is 0 Å². The van der Waals surface area contributed by atoms with Crippen LogP contribution in [-0.4, -0.2) is 46.9 Å². The van der Waals surface area contributed by atoms with Crippen LogP contribution in [0.5, 0.6) is 0 Å². The van der Waals surface area contributed by atoms with Crippen molar-refractivity contribution >= 4 is 44.4 Å². The number of Topliss-reactive ketones (excluding diaryl/α,β-unsaturated/α-hetero) is 1. The minimum atomic E-state index is -1.10. The van der Waals surface area contributed by atoms with Crippen molar-refractivity contribution in [2.24, 2.45) is 0 Å². The van der Waals surface area contributed by atoms with E-state index in [1.807, 2.05) is 0 Å². The monoisotopic (exact) mass is 471 g/mol. The maximum atomic E-state index is 15.1. The molecule has 0 bridgehead atoms. The Labute approximate surface area is 173 Å². The van der Waals surface area contributed by atoms with Crippen molar-refractivity contribution in [2.75, 3.05) is 19.8 Å². The molecule has 2 N–H and O–H groups in total. The quantitative estimate of drug-likeness (QED) is 0.487. The van der Waals surface area contributed by atoms with Gasteiger partial charge in [-0.15, -0.1) is 0 Å². The van der Waals surface area contributed by atoms with Gasteiger partial charge in [0.2, 0.25) is 0 Å². The Morgan fingerprint density at radius 1 is 1.39 bits per heavy atom. The smallest absolute Gasteiger partial charge is 0.188 e. The molecule has 0 spiro atoms. The van der Waals surface area contributed by atoms with Gasteiger partial charge in [-0.3, -0.25) is 4.79 Å². The van der Waals surface area contributed by atoms with Gasteiger partial charge in [0.25, 0.3) is 0 Å². The lowest BCUT2D eigenvalue weighted by atomic mass is 9.96. The molecule has 1 unspecified atom stereocenters. The minimum Gasteiger partial charge on any atom is -0.443 e. The topological polar surface area (TPSA) is 92.8 Å². The molecular formula is C19H16BrClFNO5. The first-order chi connectivity index (χ1) is 13.4. The fraction of sp³-hybridized carbons (Fsp3) is 0.263. The van der Waals surface area contributed by atoms with E-state index in [-0.39, 0.29) is 35.3 Å². The molecule has 0 saturated carbocycles. The summed E-state index contributed by atoms with van der Waals surface area (Å²) in [6, 6.07) is 6.61. The summed E-state index contributed by atoms with van der Waals surface area (Å²) in [5.74, 6) is -1.16. The third-order valence-corrected chi connectivity index (χ3v) is 4.95. The van der Waals surface area contributed by atoms with Crippen LogP contribution in [0, 0.1) is 5.82 Å². The summed E-state index contributed by atoms with van der Waals surface area (Å²) in [5.41, 5.74) is 1.01. The first-order valence-corrected chi connectivity index (χ1v) is 9.46. The highest BCUT2D eigenvalue weighted by molar-refractivity contribution is 9.10. The second kappa shape index (κ2) is 9.11. The van der Waals surface area contributed by atoms with Crippen LogP contribution in [0.1, 0.15) is 21.5 Å². The van der Waals surface area contributed by atoms with Crippen LogP contribution in [0.2, 0.25) is 5.02 Å². The number of aliphatic hydroxyl groups excluding tert-OH is 2. The number of fused-ring (bicyclic) bond motifs is 1. The van der Waals surface area contributed by atoms with E-state index in [9.17, 15) is 9.90 Å². The van der Waals surface area contributed by atoms with Gasteiger partial charge < -0.3 is 19.4 Å². The molecule has 9 heteroatoms. The first-order valence-electron chi connectivity index (χ1n) is 8.29. The Morgan fingerprint density at radius 3 is 2.89 bits per heavy atom. The van der Waals surface area contributed by atoms with E-state index in [1.54, 1.807) is 18.2 Å². The number of rotatable bonds is 8. The Hall–Kier alpha value is -1.84. The largest absolute Gasteiger partial charge is 0.443 e. The summed E-state index contributed by atoms with van der Waals surface area (Å²) in [5, 5.41) is 18.5. The number of nitrogens with zero attached hydrogens (tertiary/aromatic N) is 1. The number of aliphatic hydroxyl groups is 2. The van der Waals surface area contributed by atoms with Gasteiger partial charge in [-0.05, 0) is 23.8 Å². The SMILES string of the molecule is O=C(COCC(O)CO)c1cc2ocnc2c(F)c1Cc1ccc(Br)cc1Cl. The van der Waals surface area contributed by atoms with Crippen LogP contribution in [0.25, 0.3) is 11.1 Å². The number of hydrogen-bond acceptors (Lipinski definition) is 6. The third-order valence-electron chi connectivity index (χ3n) is 4.11. The van der Waals surface area contributed by atoms with Crippen LogP contribution in [0.15, 0.2) is 39.5 Å². The van der Waals surface area contributed by atoms with Gasteiger partial charge in [-0.2, -0.15) is 0 Å². The molecule has 0 aliphatic heterocycles. The van der Waals surface area contributed by atoms with Gasteiger partial charge in [0.05, 0.1) is 13.2 Å². The molecule has 0 saturated heterocycles. The second-order valence-corrected chi connectivity index (χ2v) is 7.43. The molecule has 28 heavy (non-hydrogen) atoms. The van der Waals surface area contributed by atoms with Crippen molar-refractivity contribution in [3.05, 3.63) is 62.7 Å². The zero-order valence-electron chi connectivity index (χ0n) is 14.5. The predicted octanol–water partition coefficient (Wildman–Crippen LogP) is 3.53. The third kappa shape index (κ3) is 4.59. The Morgan fingerprint density at radius 2 is 2.18 bits per heavy atom. The number of hydrogen-bond donors (Lipinski definition) is 2. The average Bonchev–Trinajstić information content (AvgIpc) is 3.14. The lowest BCUT2D eigenvalue weighted by Gasteiger charge is -2.13. The molecule has 0 radical (unpaired) electrons. The number of halogens is 3. The van der Waals surface area contributed by atoms with E-state index >= 15 is 4.39 Å². The molecule has 0 aliphatic carbocycles.